The molecule has 0 heterocycles. The van der Waals surface area contributed by atoms with Gasteiger partial charge in [-0.25, -0.2) is 0 Å². The molecule has 0 bridgehead atoms. The molecule has 0 aliphatic heterocycles. The second-order valence-electron chi connectivity index (χ2n) is 1.89. The fraction of sp³-hybridized carbons (Fsp3) is 0.167. The van der Waals surface area contributed by atoms with E-state index < -0.39 is 15.5 Å². The van der Waals surface area contributed by atoms with Crippen LogP contribution in [-0.2, 0) is 15.5 Å². The Kier molecular flexibility index (Phi) is 6.89. The van der Waals surface area contributed by atoms with Gasteiger partial charge in [-0.1, -0.05) is 23.8 Å². The predicted octanol–water partition coefficient (Wildman–Crippen LogP) is 4.46. The first-order valence-electron chi connectivity index (χ1n) is 2.83. The standard InChI is InChI=1S/C6H7.4ClH.Zr/c1-6-4-2-3-5-6;;;;;/h2-5H,1H3;4*1H;/q;;;;;+4/p-4. The van der Waals surface area contributed by atoms with Gasteiger partial charge in [-0.3, -0.25) is 0 Å². The van der Waals surface area contributed by atoms with E-state index in [4.69, 9.17) is 34.1 Å². The SMILES string of the molecule is CC1=C[CH]C=C1.[Cl][Zr]([Cl])([Cl])[Cl]. The zero-order valence-corrected chi connectivity index (χ0v) is 11.3. The molecule has 0 atom stereocenters. The molecule has 0 fully saturated rings. The van der Waals surface area contributed by atoms with Crippen LogP contribution in [0.5, 0.6) is 0 Å². The van der Waals surface area contributed by atoms with E-state index in [0.29, 0.717) is 0 Å². The van der Waals surface area contributed by atoms with Gasteiger partial charge < -0.3 is 0 Å². The van der Waals surface area contributed by atoms with E-state index in [9.17, 15) is 0 Å². The maximum atomic E-state index is 5.04. The number of halogens is 4. The monoisotopic (exact) mass is 309 g/mol. The molecule has 0 saturated heterocycles. The van der Waals surface area contributed by atoms with Crippen molar-refractivity contribution in [2.75, 3.05) is 0 Å². The van der Waals surface area contributed by atoms with Gasteiger partial charge in [-0.15, -0.1) is 0 Å². The van der Waals surface area contributed by atoms with Crippen molar-refractivity contribution in [3.63, 3.8) is 0 Å². The summed E-state index contributed by atoms with van der Waals surface area (Å²) in [5.74, 6) is 0. The van der Waals surface area contributed by atoms with E-state index in [0.717, 1.165) is 0 Å². The summed E-state index contributed by atoms with van der Waals surface area (Å²) in [4.78, 5) is 0. The first-order chi connectivity index (χ1) is 4.89. The Morgan fingerprint density at radius 1 is 1.18 bits per heavy atom. The molecule has 0 aromatic heterocycles. The van der Waals surface area contributed by atoms with Gasteiger partial charge in [-0.05, 0) is 6.92 Å². The van der Waals surface area contributed by atoms with Crippen LogP contribution in [0.25, 0.3) is 0 Å². The fourth-order valence-corrected chi connectivity index (χ4v) is 0.470. The number of hydrogen-bond acceptors (Lipinski definition) is 0. The summed E-state index contributed by atoms with van der Waals surface area (Å²) in [6, 6.07) is 0. The minimum atomic E-state index is -3.29. The first-order valence-corrected chi connectivity index (χ1v) is 15.5. The third kappa shape index (κ3) is 14.4. The van der Waals surface area contributed by atoms with Crippen molar-refractivity contribution in [3.8, 4) is 0 Å². The molecule has 0 spiro atoms. The molecule has 0 aromatic carbocycles. The Morgan fingerprint density at radius 2 is 1.64 bits per heavy atom. The molecular formula is C6H7Cl4Zr. The molecule has 0 amide bonds. The average Bonchev–Trinajstić information content (AvgIpc) is 2.12. The molecule has 11 heavy (non-hydrogen) atoms. The summed E-state index contributed by atoms with van der Waals surface area (Å²) in [6.45, 7) is 2.08. The second-order valence-corrected chi connectivity index (χ2v) is 24.3. The van der Waals surface area contributed by atoms with Crippen molar-refractivity contribution in [1.82, 2.24) is 0 Å². The van der Waals surface area contributed by atoms with Gasteiger partial charge in [0.1, 0.15) is 0 Å². The van der Waals surface area contributed by atoms with Crippen molar-refractivity contribution in [2.24, 2.45) is 0 Å². The summed E-state index contributed by atoms with van der Waals surface area (Å²) < 4.78 is 0. The van der Waals surface area contributed by atoms with Crippen molar-refractivity contribution in [3.05, 3.63) is 30.2 Å². The number of allylic oxidation sites excluding steroid dienone is 4. The van der Waals surface area contributed by atoms with Crippen LogP contribution in [0.3, 0.4) is 0 Å². The topological polar surface area (TPSA) is 0 Å². The van der Waals surface area contributed by atoms with Gasteiger partial charge in [0.25, 0.3) is 0 Å². The van der Waals surface area contributed by atoms with Crippen LogP contribution in [0.15, 0.2) is 23.8 Å². The first kappa shape index (κ1) is 12.5. The Balaban J connectivity index is 0.000000187. The summed E-state index contributed by atoms with van der Waals surface area (Å²) in [5, 5.41) is 0. The van der Waals surface area contributed by atoms with Crippen LogP contribution in [-0.4, -0.2) is 0 Å². The third-order valence-electron chi connectivity index (χ3n) is 0.829. The molecule has 63 valence electrons. The van der Waals surface area contributed by atoms with Gasteiger partial charge in [0.05, 0.1) is 0 Å². The molecule has 0 saturated carbocycles. The van der Waals surface area contributed by atoms with E-state index in [2.05, 4.69) is 19.1 Å². The van der Waals surface area contributed by atoms with Crippen LogP contribution >= 0.6 is 34.1 Å². The molecule has 0 unspecified atom stereocenters. The van der Waals surface area contributed by atoms with Crippen LogP contribution < -0.4 is 0 Å². The van der Waals surface area contributed by atoms with E-state index in [1.807, 2.05) is 12.5 Å². The van der Waals surface area contributed by atoms with E-state index in [-0.39, 0.29) is 0 Å². The van der Waals surface area contributed by atoms with Crippen LogP contribution in [0, 0.1) is 6.42 Å². The van der Waals surface area contributed by atoms with Crippen molar-refractivity contribution >= 4 is 34.1 Å². The van der Waals surface area contributed by atoms with Crippen LogP contribution in [0.1, 0.15) is 6.92 Å². The van der Waals surface area contributed by atoms with Gasteiger partial charge >= 0.3 is 49.5 Å². The summed E-state index contributed by atoms with van der Waals surface area (Å²) in [7, 11) is 20.1. The Bertz CT molecular complexity index is 159. The average molecular weight is 312 g/mol. The zero-order valence-electron chi connectivity index (χ0n) is 5.82. The van der Waals surface area contributed by atoms with Gasteiger partial charge in [0, 0.05) is 6.42 Å². The van der Waals surface area contributed by atoms with E-state index >= 15 is 0 Å². The molecule has 0 nitrogen and oxygen atoms in total. The molecule has 1 aliphatic carbocycles. The van der Waals surface area contributed by atoms with Crippen LogP contribution in [0.4, 0.5) is 0 Å². The number of rotatable bonds is 0. The molecule has 5 heteroatoms. The normalized spacial score (nSPS) is 15.5. The predicted molar refractivity (Wildman–Crippen MR) is 50.6 cm³/mol. The summed E-state index contributed by atoms with van der Waals surface area (Å²) in [6.07, 6.45) is 8.24. The molecule has 1 radical (unpaired) electrons. The van der Waals surface area contributed by atoms with Crippen molar-refractivity contribution < 1.29 is 15.5 Å². The molecule has 0 aromatic rings. The summed E-state index contributed by atoms with van der Waals surface area (Å²) >= 11 is -3.29. The Hall–Kier alpha value is 1.52. The van der Waals surface area contributed by atoms with E-state index in [1.54, 1.807) is 0 Å². The molecule has 1 aliphatic rings. The molecular weight excluding hydrogens is 305 g/mol. The Labute approximate surface area is 85.8 Å². The van der Waals surface area contributed by atoms with Crippen molar-refractivity contribution in [2.45, 2.75) is 6.92 Å². The zero-order chi connectivity index (χ0) is 8.91. The fourth-order valence-electron chi connectivity index (χ4n) is 0.470. The molecule has 0 N–H and O–H groups in total. The van der Waals surface area contributed by atoms with E-state index in [1.165, 1.54) is 5.57 Å². The third-order valence-corrected chi connectivity index (χ3v) is 0.829. The van der Waals surface area contributed by atoms with Crippen LogP contribution in [0.2, 0.25) is 0 Å². The Morgan fingerprint density at radius 3 is 1.73 bits per heavy atom. The number of hydrogen-bond donors (Lipinski definition) is 0. The summed E-state index contributed by atoms with van der Waals surface area (Å²) in [5.41, 5.74) is 1.34. The minimum absolute atomic E-state index is 1.34. The quantitative estimate of drug-likeness (QED) is 0.619. The van der Waals surface area contributed by atoms with Gasteiger partial charge in [-0.2, -0.15) is 0 Å². The van der Waals surface area contributed by atoms with Crippen molar-refractivity contribution in [1.29, 1.82) is 0 Å². The van der Waals surface area contributed by atoms with Gasteiger partial charge in [0.2, 0.25) is 0 Å². The maximum absolute atomic E-state index is 5.04. The molecule has 1 rings (SSSR count). The van der Waals surface area contributed by atoms with Gasteiger partial charge in [0.15, 0.2) is 0 Å². The second kappa shape index (κ2) is 6.05.